The first-order valence-corrected chi connectivity index (χ1v) is 12.1. The van der Waals surface area contributed by atoms with Gasteiger partial charge < -0.3 is 14.8 Å². The molecule has 1 heterocycles. The molecule has 0 aliphatic heterocycles. The topological polar surface area (TPSA) is 64.6 Å². The predicted octanol–water partition coefficient (Wildman–Crippen LogP) is 6.82. The Kier molecular flexibility index (Phi) is 8.09. The first-order valence-electron chi connectivity index (χ1n) is 11.2. The second-order valence-corrected chi connectivity index (χ2v) is 8.49. The molecule has 0 saturated heterocycles. The minimum absolute atomic E-state index is 0.251. The molecule has 176 valence electrons. The van der Waals surface area contributed by atoms with Crippen LogP contribution in [-0.4, -0.2) is 18.5 Å². The van der Waals surface area contributed by atoms with Gasteiger partial charge in [-0.25, -0.2) is 4.79 Å². The average molecular weight is 484 g/mol. The van der Waals surface area contributed by atoms with Crippen molar-refractivity contribution in [1.29, 1.82) is 0 Å². The van der Waals surface area contributed by atoms with Crippen molar-refractivity contribution < 1.29 is 19.1 Å². The van der Waals surface area contributed by atoms with Gasteiger partial charge in [0.05, 0.1) is 6.61 Å². The average Bonchev–Trinajstić information content (AvgIpc) is 3.31. The highest BCUT2D eigenvalue weighted by atomic mass is 32.1. The maximum atomic E-state index is 12.7. The van der Waals surface area contributed by atoms with Gasteiger partial charge in [-0.15, -0.1) is 11.3 Å². The van der Waals surface area contributed by atoms with Crippen molar-refractivity contribution in [2.75, 3.05) is 11.9 Å². The van der Waals surface area contributed by atoms with Crippen molar-refractivity contribution in [2.24, 2.45) is 0 Å². The van der Waals surface area contributed by atoms with Gasteiger partial charge in [0.25, 0.3) is 0 Å². The molecule has 6 heteroatoms. The summed E-state index contributed by atoms with van der Waals surface area (Å²) >= 11 is 1.30. The number of amides is 1. The second kappa shape index (κ2) is 11.8. The van der Waals surface area contributed by atoms with Crippen molar-refractivity contribution in [2.45, 2.75) is 13.5 Å². The molecule has 0 aliphatic carbocycles. The zero-order chi connectivity index (χ0) is 24.5. The molecule has 0 radical (unpaired) electrons. The molecule has 0 atom stereocenters. The maximum Gasteiger partial charge on any atom is 0.341 e. The van der Waals surface area contributed by atoms with E-state index in [1.54, 1.807) is 13.0 Å². The molecule has 1 aromatic heterocycles. The van der Waals surface area contributed by atoms with E-state index in [1.807, 2.05) is 90.3 Å². The monoisotopic (exact) mass is 483 g/mol. The van der Waals surface area contributed by atoms with Crippen LogP contribution in [-0.2, 0) is 16.1 Å². The summed E-state index contributed by atoms with van der Waals surface area (Å²) in [5.41, 5.74) is 3.94. The van der Waals surface area contributed by atoms with E-state index in [1.165, 1.54) is 17.4 Å². The molecule has 4 rings (SSSR count). The van der Waals surface area contributed by atoms with Crippen LogP contribution >= 0.6 is 11.3 Å². The van der Waals surface area contributed by atoms with Crippen molar-refractivity contribution in [3.8, 4) is 16.9 Å². The summed E-state index contributed by atoms with van der Waals surface area (Å²) in [5.74, 6) is -0.0408. The van der Waals surface area contributed by atoms with Gasteiger partial charge in [0, 0.05) is 17.0 Å². The number of hydrogen-bond donors (Lipinski definition) is 1. The summed E-state index contributed by atoms with van der Waals surface area (Å²) in [4.78, 5) is 25.3. The van der Waals surface area contributed by atoms with E-state index in [-0.39, 0.29) is 12.5 Å². The number of hydrogen-bond acceptors (Lipinski definition) is 5. The van der Waals surface area contributed by atoms with Crippen LogP contribution in [0, 0.1) is 0 Å². The van der Waals surface area contributed by atoms with Gasteiger partial charge >= 0.3 is 5.97 Å². The van der Waals surface area contributed by atoms with Gasteiger partial charge in [-0.05, 0) is 41.8 Å². The predicted molar refractivity (Wildman–Crippen MR) is 141 cm³/mol. The van der Waals surface area contributed by atoms with E-state index in [4.69, 9.17) is 9.47 Å². The lowest BCUT2D eigenvalue weighted by Gasteiger charge is -2.08. The van der Waals surface area contributed by atoms with Gasteiger partial charge in [0.2, 0.25) is 5.91 Å². The minimum Gasteiger partial charge on any atom is -0.489 e. The van der Waals surface area contributed by atoms with Crippen LogP contribution in [0.1, 0.15) is 28.4 Å². The van der Waals surface area contributed by atoms with Gasteiger partial charge in [-0.3, -0.25) is 4.79 Å². The lowest BCUT2D eigenvalue weighted by molar-refractivity contribution is -0.111. The minimum atomic E-state index is -0.460. The molecule has 0 spiro atoms. The number of carbonyl (C=O) groups excluding carboxylic acids is 2. The molecule has 5 nitrogen and oxygen atoms in total. The number of benzene rings is 3. The quantitative estimate of drug-likeness (QED) is 0.209. The Bertz CT molecular complexity index is 1300. The van der Waals surface area contributed by atoms with Crippen LogP contribution in [0.15, 0.2) is 96.4 Å². The molecule has 0 unspecified atom stereocenters. The summed E-state index contributed by atoms with van der Waals surface area (Å²) in [6.45, 7) is 2.50. The summed E-state index contributed by atoms with van der Waals surface area (Å²) in [5, 5.41) is 5.14. The normalized spacial score (nSPS) is 10.8. The van der Waals surface area contributed by atoms with Crippen molar-refractivity contribution in [3.63, 3.8) is 0 Å². The number of esters is 1. The Morgan fingerprint density at radius 3 is 2.29 bits per heavy atom. The van der Waals surface area contributed by atoms with Crippen LogP contribution in [0.5, 0.6) is 5.75 Å². The highest BCUT2D eigenvalue weighted by Crippen LogP contribution is 2.36. The molecule has 0 saturated carbocycles. The Morgan fingerprint density at radius 1 is 0.914 bits per heavy atom. The van der Waals surface area contributed by atoms with Gasteiger partial charge in [0.1, 0.15) is 22.9 Å². The Morgan fingerprint density at radius 2 is 1.60 bits per heavy atom. The standard InChI is InChI=1S/C29H25NO4S/c1-2-33-29(32)27-25(23-11-7-4-8-12-23)20-35-28(27)30-26(31)18-15-21-13-16-24(17-14-21)34-19-22-9-5-3-6-10-22/h3-18,20H,2,19H2,1H3,(H,30,31). The fraction of sp³-hybridized carbons (Fsp3) is 0.103. The molecule has 35 heavy (non-hydrogen) atoms. The fourth-order valence-electron chi connectivity index (χ4n) is 3.43. The maximum absolute atomic E-state index is 12.7. The summed E-state index contributed by atoms with van der Waals surface area (Å²) < 4.78 is 11.0. The highest BCUT2D eigenvalue weighted by Gasteiger charge is 2.22. The Hall–Kier alpha value is -4.16. The summed E-state index contributed by atoms with van der Waals surface area (Å²) in [6, 6.07) is 27.0. The van der Waals surface area contributed by atoms with Crippen LogP contribution in [0.4, 0.5) is 5.00 Å². The van der Waals surface area contributed by atoms with Crippen molar-refractivity contribution >= 4 is 34.3 Å². The van der Waals surface area contributed by atoms with Crippen LogP contribution in [0.25, 0.3) is 17.2 Å². The fourth-order valence-corrected chi connectivity index (χ4v) is 4.39. The molecule has 4 aromatic rings. The first kappa shape index (κ1) is 24.0. The molecule has 0 bridgehead atoms. The Balaban J connectivity index is 1.42. The number of nitrogens with one attached hydrogen (secondary N) is 1. The number of rotatable bonds is 9. The van der Waals surface area contributed by atoms with Gasteiger partial charge in [0.15, 0.2) is 0 Å². The van der Waals surface area contributed by atoms with Gasteiger partial charge in [-0.1, -0.05) is 72.8 Å². The van der Waals surface area contributed by atoms with E-state index < -0.39 is 5.97 Å². The number of anilines is 1. The lowest BCUT2D eigenvalue weighted by Crippen LogP contribution is -2.12. The van der Waals surface area contributed by atoms with E-state index in [2.05, 4.69) is 5.32 Å². The molecular formula is C29H25NO4S. The number of ether oxygens (including phenoxy) is 2. The van der Waals surface area contributed by atoms with Gasteiger partial charge in [-0.2, -0.15) is 0 Å². The molecule has 0 fully saturated rings. The Labute approximate surface area is 208 Å². The second-order valence-electron chi connectivity index (χ2n) is 7.61. The third kappa shape index (κ3) is 6.46. The number of carbonyl (C=O) groups is 2. The van der Waals surface area contributed by atoms with E-state index in [0.29, 0.717) is 17.2 Å². The third-order valence-electron chi connectivity index (χ3n) is 5.15. The van der Waals surface area contributed by atoms with Crippen LogP contribution < -0.4 is 10.1 Å². The molecule has 1 N–H and O–H groups in total. The smallest absolute Gasteiger partial charge is 0.341 e. The van der Waals surface area contributed by atoms with E-state index in [9.17, 15) is 9.59 Å². The zero-order valence-corrected chi connectivity index (χ0v) is 20.1. The van der Waals surface area contributed by atoms with Crippen LogP contribution in [0.2, 0.25) is 0 Å². The molecule has 3 aromatic carbocycles. The van der Waals surface area contributed by atoms with Crippen molar-refractivity contribution in [3.05, 3.63) is 113 Å². The SMILES string of the molecule is CCOC(=O)c1c(-c2ccccc2)csc1NC(=O)C=Cc1ccc(OCc2ccccc2)cc1. The molecule has 0 aliphatic rings. The largest absolute Gasteiger partial charge is 0.489 e. The van der Waals surface area contributed by atoms with E-state index in [0.717, 1.165) is 28.0 Å². The van der Waals surface area contributed by atoms with Crippen LogP contribution in [0.3, 0.4) is 0 Å². The van der Waals surface area contributed by atoms with Crippen molar-refractivity contribution in [1.82, 2.24) is 0 Å². The summed E-state index contributed by atoms with van der Waals surface area (Å²) in [7, 11) is 0. The highest BCUT2D eigenvalue weighted by molar-refractivity contribution is 7.15. The third-order valence-corrected chi connectivity index (χ3v) is 6.04. The van der Waals surface area contributed by atoms with E-state index >= 15 is 0 Å². The lowest BCUT2D eigenvalue weighted by atomic mass is 10.0. The number of thiophene rings is 1. The molecule has 1 amide bonds. The summed E-state index contributed by atoms with van der Waals surface area (Å²) in [6.07, 6.45) is 3.16. The molecular weight excluding hydrogens is 458 g/mol. The zero-order valence-electron chi connectivity index (χ0n) is 19.3. The first-order chi connectivity index (χ1) is 17.1.